The molecule has 2 atom stereocenters. The number of ether oxygens (including phenoxy) is 1. The third-order valence-electron chi connectivity index (χ3n) is 6.14. The Kier molecular flexibility index (Phi) is 4.25. The topological polar surface area (TPSA) is 48.6 Å². The first-order valence-electron chi connectivity index (χ1n) is 9.74. The molecule has 0 bridgehead atoms. The number of fused-ring (bicyclic) bond motifs is 2. The van der Waals surface area contributed by atoms with E-state index in [0.29, 0.717) is 39.4 Å². The Morgan fingerprint density at radius 1 is 1.30 bits per heavy atom. The second-order valence-electron chi connectivity index (χ2n) is 7.61. The van der Waals surface area contributed by atoms with E-state index >= 15 is 0 Å². The maximum atomic E-state index is 13.3. The molecule has 6 heteroatoms. The van der Waals surface area contributed by atoms with E-state index in [1.54, 1.807) is 0 Å². The Morgan fingerprint density at radius 2 is 2.15 bits per heavy atom. The van der Waals surface area contributed by atoms with Gasteiger partial charge in [0.25, 0.3) is 0 Å². The first kappa shape index (κ1) is 17.0. The van der Waals surface area contributed by atoms with Crippen LogP contribution in [-0.2, 0) is 16.0 Å². The number of nitrogens with one attached hydrogen (secondary N) is 1. The summed E-state index contributed by atoms with van der Waals surface area (Å²) in [5.74, 6) is -0.0863. The van der Waals surface area contributed by atoms with Crippen molar-refractivity contribution in [3.05, 3.63) is 41.6 Å². The van der Waals surface area contributed by atoms with E-state index in [9.17, 15) is 9.18 Å². The number of hydrogen-bond donors (Lipinski definition) is 1. The fourth-order valence-corrected chi connectivity index (χ4v) is 4.85. The molecule has 2 aliphatic heterocycles. The number of benzene rings is 1. The van der Waals surface area contributed by atoms with Crippen LogP contribution in [0.15, 0.2) is 30.5 Å². The number of morpholine rings is 1. The summed E-state index contributed by atoms with van der Waals surface area (Å²) in [5.41, 5.74) is 4.77. The second-order valence-corrected chi connectivity index (χ2v) is 7.61. The first-order valence-corrected chi connectivity index (χ1v) is 9.74. The number of aromatic nitrogens is 1. The first-order chi connectivity index (χ1) is 13.3. The molecular formula is C21H24FN3O2. The molecule has 0 spiro atoms. The third-order valence-corrected chi connectivity index (χ3v) is 6.14. The van der Waals surface area contributed by atoms with Crippen molar-refractivity contribution in [1.82, 2.24) is 14.8 Å². The molecule has 142 valence electrons. The van der Waals surface area contributed by atoms with Crippen molar-refractivity contribution in [2.75, 3.05) is 46.1 Å². The van der Waals surface area contributed by atoms with E-state index in [0.717, 1.165) is 11.9 Å². The average Bonchev–Trinajstić information content (AvgIpc) is 3.13. The molecule has 1 aliphatic carbocycles. The number of hydrogen-bond acceptors (Lipinski definition) is 3. The molecule has 1 aromatic heterocycles. The Morgan fingerprint density at radius 3 is 2.96 bits per heavy atom. The fraction of sp³-hybridized carbons (Fsp3) is 0.476. The largest absolute Gasteiger partial charge is 0.378 e. The van der Waals surface area contributed by atoms with Crippen molar-refractivity contribution in [1.29, 1.82) is 0 Å². The van der Waals surface area contributed by atoms with Crippen LogP contribution in [0, 0.1) is 5.92 Å². The quantitative estimate of drug-likeness (QED) is 0.903. The summed E-state index contributed by atoms with van der Waals surface area (Å²) < 4.78 is 18.7. The fourth-order valence-electron chi connectivity index (χ4n) is 4.85. The molecule has 0 saturated carbocycles. The molecule has 0 unspecified atom stereocenters. The number of rotatable bonds is 3. The minimum atomic E-state index is -0.396. The Bertz CT molecular complexity index is 900. The summed E-state index contributed by atoms with van der Waals surface area (Å²) in [7, 11) is 0. The normalized spacial score (nSPS) is 25.4. The van der Waals surface area contributed by atoms with Gasteiger partial charge < -0.3 is 14.6 Å². The number of amides is 1. The van der Waals surface area contributed by atoms with E-state index in [1.165, 1.54) is 22.1 Å². The van der Waals surface area contributed by atoms with Crippen LogP contribution < -0.4 is 0 Å². The van der Waals surface area contributed by atoms with Crippen molar-refractivity contribution in [3.63, 3.8) is 0 Å². The number of nitrogens with zero attached hydrogens (tertiary/aromatic N) is 2. The second kappa shape index (κ2) is 6.77. The number of H-pyrrole nitrogens is 1. The highest BCUT2D eigenvalue weighted by atomic mass is 19.1. The van der Waals surface area contributed by atoms with Crippen molar-refractivity contribution in [2.45, 2.75) is 12.5 Å². The van der Waals surface area contributed by atoms with Gasteiger partial charge in [-0.3, -0.25) is 9.69 Å². The molecule has 1 fully saturated rings. The zero-order valence-corrected chi connectivity index (χ0v) is 15.3. The van der Waals surface area contributed by atoms with Crippen molar-refractivity contribution in [2.24, 2.45) is 5.92 Å². The van der Waals surface area contributed by atoms with Gasteiger partial charge in [-0.25, -0.2) is 4.39 Å². The predicted molar refractivity (Wildman–Crippen MR) is 102 cm³/mol. The number of alkyl halides is 1. The van der Waals surface area contributed by atoms with Crippen LogP contribution in [0.1, 0.15) is 11.1 Å². The van der Waals surface area contributed by atoms with Crippen molar-refractivity contribution in [3.8, 4) is 0 Å². The summed E-state index contributed by atoms with van der Waals surface area (Å²) in [4.78, 5) is 20.5. The highest BCUT2D eigenvalue weighted by Gasteiger charge is 2.38. The smallest absolute Gasteiger partial charge is 0.230 e. The molecule has 0 radical (unpaired) electrons. The number of aromatic amines is 1. The van der Waals surface area contributed by atoms with Crippen LogP contribution in [0.4, 0.5) is 4.39 Å². The molecule has 1 aromatic carbocycles. The lowest BCUT2D eigenvalue weighted by atomic mass is 9.79. The van der Waals surface area contributed by atoms with Crippen LogP contribution in [0.25, 0.3) is 16.5 Å². The molecule has 1 N–H and O–H groups in total. The monoisotopic (exact) mass is 369 g/mol. The van der Waals surface area contributed by atoms with Gasteiger partial charge in [0.05, 0.1) is 19.1 Å². The lowest BCUT2D eigenvalue weighted by molar-refractivity contribution is -0.139. The summed E-state index contributed by atoms with van der Waals surface area (Å²) in [6, 6.07) is 6.41. The van der Waals surface area contributed by atoms with Gasteiger partial charge in [-0.15, -0.1) is 0 Å². The maximum absolute atomic E-state index is 13.3. The van der Waals surface area contributed by atoms with Crippen LogP contribution in [0.5, 0.6) is 0 Å². The molecule has 5 nitrogen and oxygen atoms in total. The van der Waals surface area contributed by atoms with Gasteiger partial charge in [0.15, 0.2) is 0 Å². The van der Waals surface area contributed by atoms with Crippen molar-refractivity contribution >= 4 is 22.4 Å². The van der Waals surface area contributed by atoms with E-state index in [1.807, 2.05) is 11.0 Å². The van der Waals surface area contributed by atoms with Gasteiger partial charge in [-0.05, 0) is 29.2 Å². The number of carbonyl (C=O) groups excluding carboxylic acids is 1. The Balaban J connectivity index is 1.56. The molecule has 3 aliphatic rings. The predicted octanol–water partition coefficient (Wildman–Crippen LogP) is 2.24. The van der Waals surface area contributed by atoms with E-state index in [-0.39, 0.29) is 17.9 Å². The molecule has 27 heavy (non-hydrogen) atoms. The number of halogens is 1. The highest BCUT2D eigenvalue weighted by Crippen LogP contribution is 2.41. The van der Waals surface area contributed by atoms with E-state index < -0.39 is 6.67 Å². The van der Waals surface area contributed by atoms with Gasteiger partial charge in [-0.2, -0.15) is 0 Å². The van der Waals surface area contributed by atoms with E-state index in [2.05, 4.69) is 34.3 Å². The third kappa shape index (κ3) is 2.78. The SMILES string of the molecule is O=C([C@@H]1C=C2c3cccc4[nH]cc(c34)C[C@H]2N(CCF)C1)N1CCOCC1. The van der Waals surface area contributed by atoms with Gasteiger partial charge in [0.1, 0.15) is 6.67 Å². The summed E-state index contributed by atoms with van der Waals surface area (Å²) in [5, 5.41) is 1.25. The Hall–Kier alpha value is -2.18. The van der Waals surface area contributed by atoms with Crippen LogP contribution in [0.2, 0.25) is 0 Å². The standard InChI is InChI=1S/C21H24FN3O2/c22-4-5-25-13-15(21(26)24-6-8-27-9-7-24)10-17-16-2-1-3-18-20(16)14(12-23-18)11-19(17)25/h1-3,10,12,15,19,23H,4-9,11,13H2/t15-,19-/m1/s1. The van der Waals surface area contributed by atoms with E-state index in [4.69, 9.17) is 4.74 Å². The highest BCUT2D eigenvalue weighted by molar-refractivity contribution is 5.99. The minimum Gasteiger partial charge on any atom is -0.378 e. The Labute approximate surface area is 157 Å². The molecular weight excluding hydrogens is 345 g/mol. The van der Waals surface area contributed by atoms with Gasteiger partial charge in [-0.1, -0.05) is 18.2 Å². The number of carbonyl (C=O) groups is 1. The summed E-state index contributed by atoms with van der Waals surface area (Å²) in [6.07, 6.45) is 5.09. The molecule has 1 amide bonds. The van der Waals surface area contributed by atoms with Crippen molar-refractivity contribution < 1.29 is 13.9 Å². The summed E-state index contributed by atoms with van der Waals surface area (Å²) in [6.45, 7) is 3.03. The van der Waals surface area contributed by atoms with Gasteiger partial charge in [0, 0.05) is 49.3 Å². The average molecular weight is 369 g/mol. The lowest BCUT2D eigenvalue weighted by Crippen LogP contribution is -2.51. The zero-order valence-electron chi connectivity index (χ0n) is 15.3. The van der Waals surface area contributed by atoms with Gasteiger partial charge in [0.2, 0.25) is 5.91 Å². The van der Waals surface area contributed by atoms with Crippen LogP contribution in [-0.4, -0.2) is 72.8 Å². The minimum absolute atomic E-state index is 0.139. The molecule has 5 rings (SSSR count). The van der Waals surface area contributed by atoms with Crippen LogP contribution in [0.3, 0.4) is 0 Å². The van der Waals surface area contributed by atoms with Crippen LogP contribution >= 0.6 is 0 Å². The molecule has 1 saturated heterocycles. The lowest BCUT2D eigenvalue weighted by Gasteiger charge is -2.42. The zero-order chi connectivity index (χ0) is 18.4. The van der Waals surface area contributed by atoms with Gasteiger partial charge >= 0.3 is 0 Å². The maximum Gasteiger partial charge on any atom is 0.230 e. The molecule has 3 heterocycles. The molecule has 2 aromatic rings. The summed E-state index contributed by atoms with van der Waals surface area (Å²) >= 11 is 0.